The van der Waals surface area contributed by atoms with Crippen LogP contribution in [0.15, 0.2) is 24.8 Å². The molecular formula is C20H29NO2. The van der Waals surface area contributed by atoms with Crippen molar-refractivity contribution in [3.05, 3.63) is 24.8 Å². The van der Waals surface area contributed by atoms with Crippen molar-refractivity contribution in [1.82, 2.24) is 4.90 Å². The van der Waals surface area contributed by atoms with E-state index < -0.39 is 0 Å². The summed E-state index contributed by atoms with van der Waals surface area (Å²) in [6, 6.07) is -0.123. The van der Waals surface area contributed by atoms with Crippen molar-refractivity contribution in [1.29, 1.82) is 0 Å². The van der Waals surface area contributed by atoms with E-state index in [1.54, 1.807) is 4.90 Å². The average molecular weight is 315 g/mol. The summed E-state index contributed by atoms with van der Waals surface area (Å²) in [5.74, 6) is 1.09. The lowest BCUT2D eigenvalue weighted by molar-refractivity contribution is -0.142. The Balaban J connectivity index is 1.73. The Morgan fingerprint density at radius 1 is 1.22 bits per heavy atom. The zero-order chi connectivity index (χ0) is 16.6. The number of likely N-dealkylation sites (tertiary alicyclic amines) is 1. The molecule has 0 aromatic rings. The van der Waals surface area contributed by atoms with Crippen LogP contribution in [0.2, 0.25) is 0 Å². The van der Waals surface area contributed by atoms with Crippen LogP contribution in [0, 0.1) is 29.6 Å². The predicted octanol–water partition coefficient (Wildman–Crippen LogP) is 3.95. The third-order valence-corrected chi connectivity index (χ3v) is 6.23. The van der Waals surface area contributed by atoms with Crippen molar-refractivity contribution in [3.63, 3.8) is 0 Å². The molecule has 3 aliphatic rings. The summed E-state index contributed by atoms with van der Waals surface area (Å²) in [5.41, 5.74) is 0. The van der Waals surface area contributed by atoms with Gasteiger partial charge in [0, 0.05) is 0 Å². The Bertz CT molecular complexity index is 494. The third-order valence-electron chi connectivity index (χ3n) is 6.23. The van der Waals surface area contributed by atoms with Crippen molar-refractivity contribution in [2.75, 3.05) is 0 Å². The van der Waals surface area contributed by atoms with Crippen LogP contribution in [0.25, 0.3) is 0 Å². The first kappa shape index (κ1) is 16.5. The van der Waals surface area contributed by atoms with E-state index >= 15 is 0 Å². The minimum Gasteiger partial charge on any atom is -0.275 e. The highest BCUT2D eigenvalue weighted by atomic mass is 16.2. The van der Waals surface area contributed by atoms with Gasteiger partial charge in [-0.25, -0.2) is 0 Å². The molecule has 0 N–H and O–H groups in total. The average Bonchev–Trinajstić information content (AvgIpc) is 3.23. The molecule has 1 saturated heterocycles. The zero-order valence-electron chi connectivity index (χ0n) is 14.4. The Morgan fingerprint density at radius 2 is 1.83 bits per heavy atom. The number of carbonyl (C=O) groups is 2. The Hall–Kier alpha value is -1.38. The topological polar surface area (TPSA) is 37.4 Å². The number of nitrogens with zero attached hydrogens (tertiary/aromatic N) is 1. The van der Waals surface area contributed by atoms with E-state index in [9.17, 15) is 9.59 Å². The molecule has 2 amide bonds. The first-order valence-electron chi connectivity index (χ1n) is 9.30. The van der Waals surface area contributed by atoms with Gasteiger partial charge in [0.15, 0.2) is 0 Å². The summed E-state index contributed by atoms with van der Waals surface area (Å²) in [7, 11) is 0. The molecule has 1 saturated carbocycles. The highest BCUT2D eigenvalue weighted by molar-refractivity contribution is 6.06. The number of unbranched alkanes of at least 4 members (excludes halogenated alkanes) is 1. The van der Waals surface area contributed by atoms with E-state index in [1.165, 1.54) is 19.3 Å². The summed E-state index contributed by atoms with van der Waals surface area (Å²) in [4.78, 5) is 27.4. The van der Waals surface area contributed by atoms with Crippen molar-refractivity contribution < 1.29 is 9.59 Å². The second kappa shape index (κ2) is 6.62. The standard InChI is InChI=1S/C20H29NO2/c1-4-7-8-13(5-2)11-16(6-3)21-19(22)17-14-9-10-15(12-14)18(17)20(21)23/h6,9-10,13-18H,3-5,7-8,11-12H2,1-2H3. The summed E-state index contributed by atoms with van der Waals surface area (Å²) < 4.78 is 0. The van der Waals surface area contributed by atoms with Crippen molar-refractivity contribution in [2.45, 2.75) is 58.4 Å². The molecule has 0 radical (unpaired) electrons. The molecule has 2 aliphatic carbocycles. The van der Waals surface area contributed by atoms with Crippen molar-refractivity contribution in [2.24, 2.45) is 29.6 Å². The third kappa shape index (κ3) is 2.68. The van der Waals surface area contributed by atoms with Gasteiger partial charge in [-0.3, -0.25) is 14.5 Å². The van der Waals surface area contributed by atoms with Crippen molar-refractivity contribution >= 4 is 11.8 Å². The second-order valence-corrected chi connectivity index (χ2v) is 7.50. The van der Waals surface area contributed by atoms with E-state index in [0.717, 1.165) is 19.3 Å². The van der Waals surface area contributed by atoms with E-state index in [2.05, 4.69) is 32.6 Å². The fraction of sp³-hybridized carbons (Fsp3) is 0.700. The van der Waals surface area contributed by atoms with Gasteiger partial charge < -0.3 is 0 Å². The van der Waals surface area contributed by atoms with Gasteiger partial charge in [-0.15, -0.1) is 6.58 Å². The number of rotatable bonds is 8. The van der Waals surface area contributed by atoms with Crippen LogP contribution in [-0.4, -0.2) is 22.8 Å². The molecule has 2 bridgehead atoms. The number of hydrogen-bond acceptors (Lipinski definition) is 2. The fourth-order valence-corrected chi connectivity index (χ4v) is 4.88. The maximum absolute atomic E-state index is 12.9. The van der Waals surface area contributed by atoms with Gasteiger partial charge in [0.25, 0.3) is 0 Å². The van der Waals surface area contributed by atoms with Gasteiger partial charge in [0.05, 0.1) is 17.9 Å². The number of carbonyl (C=O) groups excluding carboxylic acids is 2. The lowest BCUT2D eigenvalue weighted by Crippen LogP contribution is -2.41. The molecule has 0 spiro atoms. The monoisotopic (exact) mass is 315 g/mol. The largest absolute Gasteiger partial charge is 0.275 e. The molecule has 1 aliphatic heterocycles. The molecule has 0 aromatic carbocycles. The Kier molecular flexibility index (Phi) is 4.74. The molecule has 6 atom stereocenters. The Labute approximate surface area is 139 Å². The van der Waals surface area contributed by atoms with Crippen LogP contribution < -0.4 is 0 Å². The highest BCUT2D eigenvalue weighted by Crippen LogP contribution is 2.53. The van der Waals surface area contributed by atoms with Crippen LogP contribution in [0.1, 0.15) is 52.4 Å². The maximum Gasteiger partial charge on any atom is 0.234 e. The molecular weight excluding hydrogens is 286 g/mol. The van der Waals surface area contributed by atoms with E-state index in [-0.39, 0.29) is 29.7 Å². The van der Waals surface area contributed by atoms with E-state index in [0.29, 0.717) is 17.8 Å². The quantitative estimate of drug-likeness (QED) is 0.502. The second-order valence-electron chi connectivity index (χ2n) is 7.50. The molecule has 126 valence electrons. The summed E-state index contributed by atoms with van der Waals surface area (Å²) in [5, 5.41) is 0. The lowest BCUT2D eigenvalue weighted by atomic mass is 9.85. The fourth-order valence-electron chi connectivity index (χ4n) is 4.88. The molecule has 2 fully saturated rings. The number of allylic oxidation sites excluding steroid dienone is 2. The van der Waals surface area contributed by atoms with Crippen LogP contribution in [-0.2, 0) is 9.59 Å². The normalized spacial score (nSPS) is 34.1. The van der Waals surface area contributed by atoms with E-state index in [4.69, 9.17) is 0 Å². The predicted molar refractivity (Wildman–Crippen MR) is 91.5 cm³/mol. The number of imide groups is 1. The van der Waals surface area contributed by atoms with Crippen LogP contribution >= 0.6 is 0 Å². The minimum absolute atomic E-state index is 0.0621. The molecule has 3 nitrogen and oxygen atoms in total. The number of amides is 2. The molecule has 1 heterocycles. The first-order chi connectivity index (χ1) is 11.1. The molecule has 0 aromatic heterocycles. The molecule has 3 heteroatoms. The molecule has 3 rings (SSSR count). The van der Waals surface area contributed by atoms with Gasteiger partial charge in [-0.2, -0.15) is 0 Å². The lowest BCUT2D eigenvalue weighted by Gasteiger charge is -2.28. The summed E-state index contributed by atoms with van der Waals surface area (Å²) in [6.45, 7) is 8.33. The van der Waals surface area contributed by atoms with Gasteiger partial charge in [-0.1, -0.05) is 57.8 Å². The Morgan fingerprint density at radius 3 is 2.30 bits per heavy atom. The minimum atomic E-state index is -0.123. The van der Waals surface area contributed by atoms with Gasteiger partial charge in [-0.05, 0) is 30.6 Å². The van der Waals surface area contributed by atoms with Crippen LogP contribution in [0.5, 0.6) is 0 Å². The van der Waals surface area contributed by atoms with Gasteiger partial charge in [0.2, 0.25) is 11.8 Å². The summed E-state index contributed by atoms with van der Waals surface area (Å²) >= 11 is 0. The smallest absolute Gasteiger partial charge is 0.234 e. The van der Waals surface area contributed by atoms with Crippen molar-refractivity contribution in [3.8, 4) is 0 Å². The van der Waals surface area contributed by atoms with Gasteiger partial charge in [0.1, 0.15) is 0 Å². The highest BCUT2D eigenvalue weighted by Gasteiger charge is 2.60. The first-order valence-corrected chi connectivity index (χ1v) is 9.30. The van der Waals surface area contributed by atoms with Crippen LogP contribution in [0.3, 0.4) is 0 Å². The summed E-state index contributed by atoms with van der Waals surface area (Å²) in [6.07, 6.45) is 12.7. The zero-order valence-corrected chi connectivity index (χ0v) is 14.4. The van der Waals surface area contributed by atoms with Crippen LogP contribution in [0.4, 0.5) is 0 Å². The van der Waals surface area contributed by atoms with Gasteiger partial charge >= 0.3 is 0 Å². The molecule has 23 heavy (non-hydrogen) atoms. The number of fused-ring (bicyclic) bond motifs is 5. The van der Waals surface area contributed by atoms with E-state index in [1.807, 2.05) is 6.08 Å². The number of hydrogen-bond donors (Lipinski definition) is 0. The SMILES string of the molecule is C=CC(CC(CC)CCCC)N1C(=O)C2C3C=CC(C3)C2C1=O. The molecule has 6 unspecified atom stereocenters. The maximum atomic E-state index is 12.9.